The van der Waals surface area contributed by atoms with Crippen LogP contribution < -0.4 is 15.6 Å². The summed E-state index contributed by atoms with van der Waals surface area (Å²) in [5.41, 5.74) is -1.28. The molecule has 3 heterocycles. The molecule has 6 atom stereocenters. The standard InChI is InChI=1S/C30H30F2N4O4/c1-30(11-15-6-16-8-17(12-30)21(16)7-15)34-29(40)22-14-35(24-4-2-18(31)9-23(24)32)28-20(27(22)39)3-5-25(33-28)36-13-19(37)10-26(36)38/h2-5,9,14-17,19,21,37H,6-8,10-13H2,1H3,(H,34,40)/t15?,16?,17?,19-,21?,30?/m0/s1. The second-order valence-electron chi connectivity index (χ2n) is 12.4. The Morgan fingerprint density at radius 2 is 1.93 bits per heavy atom. The van der Waals surface area contributed by atoms with Crippen LogP contribution in [0.2, 0.25) is 0 Å². The Hall–Kier alpha value is -3.66. The second kappa shape index (κ2) is 8.92. The van der Waals surface area contributed by atoms with E-state index in [4.69, 9.17) is 0 Å². The number of nitrogens with one attached hydrogen (secondary N) is 1. The van der Waals surface area contributed by atoms with Crippen molar-refractivity contribution in [1.29, 1.82) is 0 Å². The number of benzene rings is 1. The molecule has 1 saturated heterocycles. The van der Waals surface area contributed by atoms with Gasteiger partial charge in [0, 0.05) is 17.8 Å². The summed E-state index contributed by atoms with van der Waals surface area (Å²) in [5.74, 6) is 0.342. The molecule has 3 aliphatic carbocycles. The molecular weight excluding hydrogens is 518 g/mol. The van der Waals surface area contributed by atoms with Crippen LogP contribution in [0.15, 0.2) is 41.3 Å². The molecular formula is C30H30F2N4O4. The van der Waals surface area contributed by atoms with Gasteiger partial charge < -0.3 is 10.4 Å². The van der Waals surface area contributed by atoms with Crippen molar-refractivity contribution in [1.82, 2.24) is 14.9 Å². The first kappa shape index (κ1) is 25.3. The van der Waals surface area contributed by atoms with Crippen LogP contribution in [-0.4, -0.2) is 44.7 Å². The quantitative estimate of drug-likeness (QED) is 0.518. The first-order valence-corrected chi connectivity index (χ1v) is 13.9. The van der Waals surface area contributed by atoms with Gasteiger partial charge in [0.15, 0.2) is 5.65 Å². The van der Waals surface area contributed by atoms with E-state index in [1.54, 1.807) is 0 Å². The van der Waals surface area contributed by atoms with Crippen LogP contribution in [0.25, 0.3) is 16.7 Å². The number of halogens is 2. The maximum atomic E-state index is 15.1. The minimum Gasteiger partial charge on any atom is -0.391 e. The van der Waals surface area contributed by atoms with Crippen molar-refractivity contribution in [2.75, 3.05) is 11.4 Å². The minimum atomic E-state index is -0.900. The van der Waals surface area contributed by atoms with Gasteiger partial charge in [-0.3, -0.25) is 23.9 Å². The van der Waals surface area contributed by atoms with Gasteiger partial charge in [0.1, 0.15) is 23.0 Å². The lowest BCUT2D eigenvalue weighted by atomic mass is 9.62. The molecule has 0 radical (unpaired) electrons. The van der Waals surface area contributed by atoms with E-state index < -0.39 is 34.6 Å². The molecule has 10 heteroatoms. The highest BCUT2D eigenvalue weighted by Crippen LogP contribution is 2.60. The molecule has 1 aliphatic heterocycles. The number of carbonyl (C=O) groups excluding carboxylic acids is 2. The van der Waals surface area contributed by atoms with E-state index in [1.807, 2.05) is 6.92 Å². The molecule has 5 unspecified atom stereocenters. The third-order valence-corrected chi connectivity index (χ3v) is 9.56. The molecule has 3 saturated carbocycles. The Bertz CT molecular complexity index is 1630. The molecule has 2 amide bonds. The Kier molecular flexibility index (Phi) is 5.65. The molecule has 7 rings (SSSR count). The molecule has 4 aliphatic rings. The lowest BCUT2D eigenvalue weighted by Crippen LogP contribution is -2.51. The third-order valence-electron chi connectivity index (χ3n) is 9.56. The fourth-order valence-corrected chi connectivity index (χ4v) is 7.91. The first-order valence-electron chi connectivity index (χ1n) is 13.9. The maximum Gasteiger partial charge on any atom is 0.257 e. The Morgan fingerprint density at radius 3 is 2.67 bits per heavy atom. The van der Waals surface area contributed by atoms with Gasteiger partial charge in [-0.05, 0) is 87.0 Å². The smallest absolute Gasteiger partial charge is 0.257 e. The van der Waals surface area contributed by atoms with Gasteiger partial charge in [0.05, 0.1) is 30.1 Å². The molecule has 4 fully saturated rings. The zero-order chi connectivity index (χ0) is 27.9. The topological polar surface area (TPSA) is 105 Å². The second-order valence-corrected chi connectivity index (χ2v) is 12.4. The van der Waals surface area contributed by atoms with E-state index in [-0.39, 0.29) is 47.0 Å². The monoisotopic (exact) mass is 548 g/mol. The Morgan fingerprint density at radius 1 is 1.10 bits per heavy atom. The minimum absolute atomic E-state index is 0.0113. The van der Waals surface area contributed by atoms with Crippen molar-refractivity contribution in [3.63, 3.8) is 0 Å². The van der Waals surface area contributed by atoms with Crippen LogP contribution >= 0.6 is 0 Å². The highest BCUT2D eigenvalue weighted by Gasteiger charge is 2.53. The number of β-amino-alcohol motifs (C(OH)–C–C–N with tert-alkyl or cyclic N) is 1. The van der Waals surface area contributed by atoms with Crippen LogP contribution in [-0.2, 0) is 4.79 Å². The van der Waals surface area contributed by atoms with E-state index in [0.717, 1.165) is 36.8 Å². The van der Waals surface area contributed by atoms with Crippen molar-refractivity contribution in [3.8, 4) is 5.69 Å². The number of fused-ring (bicyclic) bond motifs is 2. The van der Waals surface area contributed by atoms with E-state index in [1.165, 1.54) is 53.1 Å². The molecule has 0 spiro atoms. The normalized spacial score (nSPS) is 30.9. The molecule has 2 N–H and O–H groups in total. The molecule has 1 aromatic carbocycles. The summed E-state index contributed by atoms with van der Waals surface area (Å²) in [7, 11) is 0. The zero-order valence-corrected chi connectivity index (χ0v) is 22.1. The highest BCUT2D eigenvalue weighted by atomic mass is 19.1. The molecule has 2 bridgehead atoms. The fraction of sp³-hybridized carbons (Fsp3) is 0.467. The molecule has 8 nitrogen and oxygen atoms in total. The molecule has 40 heavy (non-hydrogen) atoms. The lowest BCUT2D eigenvalue weighted by molar-refractivity contribution is -0.117. The number of pyridine rings is 2. The fourth-order valence-electron chi connectivity index (χ4n) is 7.91. The maximum absolute atomic E-state index is 15.1. The SMILES string of the molecule is CC1(NC(=O)c2cn(-c3ccc(F)cc3F)c3nc(N4C[C@@H](O)CC4=O)ccc3c2=O)CC2CC3CC(C1)C3C2. The van der Waals surface area contributed by atoms with Crippen LogP contribution in [0.3, 0.4) is 0 Å². The molecule has 3 aromatic rings. The number of aromatic nitrogens is 2. The van der Waals surface area contributed by atoms with Crippen molar-refractivity contribution in [2.24, 2.45) is 23.7 Å². The number of anilines is 1. The molecule has 2 aromatic heterocycles. The average molecular weight is 549 g/mol. The van der Waals surface area contributed by atoms with Gasteiger partial charge >= 0.3 is 0 Å². The number of hydrogen-bond donors (Lipinski definition) is 2. The average Bonchev–Trinajstić information content (AvgIpc) is 3.36. The van der Waals surface area contributed by atoms with Crippen LogP contribution in [0.5, 0.6) is 0 Å². The van der Waals surface area contributed by atoms with Crippen molar-refractivity contribution < 1.29 is 23.5 Å². The Labute approximate surface area is 229 Å². The van der Waals surface area contributed by atoms with Gasteiger partial charge in [-0.2, -0.15) is 0 Å². The molecule has 208 valence electrons. The van der Waals surface area contributed by atoms with E-state index in [0.29, 0.717) is 11.8 Å². The van der Waals surface area contributed by atoms with Crippen molar-refractivity contribution in [3.05, 3.63) is 63.9 Å². The Balaban J connectivity index is 1.32. The first-order chi connectivity index (χ1) is 19.1. The van der Waals surface area contributed by atoms with Gasteiger partial charge in [-0.25, -0.2) is 13.8 Å². The largest absolute Gasteiger partial charge is 0.391 e. The van der Waals surface area contributed by atoms with Crippen molar-refractivity contribution in [2.45, 2.75) is 57.1 Å². The summed E-state index contributed by atoms with van der Waals surface area (Å²) in [6.45, 7) is 2.09. The van der Waals surface area contributed by atoms with Gasteiger partial charge in [-0.1, -0.05) is 0 Å². The van der Waals surface area contributed by atoms with E-state index in [2.05, 4.69) is 10.3 Å². The third kappa shape index (κ3) is 4.03. The van der Waals surface area contributed by atoms with Crippen molar-refractivity contribution >= 4 is 28.7 Å². The highest BCUT2D eigenvalue weighted by molar-refractivity contribution is 5.99. The van der Waals surface area contributed by atoms with E-state index in [9.17, 15) is 23.9 Å². The van der Waals surface area contributed by atoms with E-state index >= 15 is 4.39 Å². The predicted octanol–water partition coefficient (Wildman–Crippen LogP) is 3.71. The summed E-state index contributed by atoms with van der Waals surface area (Å²) in [5, 5.41) is 13.1. The number of amides is 2. The number of hydrogen-bond acceptors (Lipinski definition) is 5. The number of rotatable bonds is 4. The summed E-state index contributed by atoms with van der Waals surface area (Å²) >= 11 is 0. The summed E-state index contributed by atoms with van der Waals surface area (Å²) in [6.07, 6.45) is 5.67. The van der Waals surface area contributed by atoms with Gasteiger partial charge in [0.25, 0.3) is 5.91 Å². The summed E-state index contributed by atoms with van der Waals surface area (Å²) in [6, 6.07) is 5.94. The summed E-state index contributed by atoms with van der Waals surface area (Å²) < 4.78 is 30.1. The number of aliphatic hydroxyl groups is 1. The van der Waals surface area contributed by atoms with Gasteiger partial charge in [0.2, 0.25) is 11.3 Å². The zero-order valence-electron chi connectivity index (χ0n) is 22.1. The number of carbonyl (C=O) groups is 2. The van der Waals surface area contributed by atoms with Crippen LogP contribution in [0.1, 0.15) is 55.8 Å². The number of aliphatic hydroxyl groups excluding tert-OH is 1. The van der Waals surface area contributed by atoms with Gasteiger partial charge in [-0.15, -0.1) is 0 Å². The lowest BCUT2D eigenvalue weighted by Gasteiger charge is -2.46. The summed E-state index contributed by atoms with van der Waals surface area (Å²) in [4.78, 5) is 45.6. The van der Waals surface area contributed by atoms with Crippen LogP contribution in [0, 0.1) is 35.3 Å². The number of nitrogens with zero attached hydrogens (tertiary/aromatic N) is 3. The predicted molar refractivity (Wildman–Crippen MR) is 143 cm³/mol. The van der Waals surface area contributed by atoms with Crippen LogP contribution in [0.4, 0.5) is 14.6 Å².